The topological polar surface area (TPSA) is 92.9 Å². The average Bonchev–Trinajstić information content (AvgIpc) is 3.34. The summed E-state index contributed by atoms with van der Waals surface area (Å²) in [6, 6.07) is 12.9. The van der Waals surface area contributed by atoms with Gasteiger partial charge in [0.25, 0.3) is 5.78 Å². The van der Waals surface area contributed by atoms with E-state index in [-0.39, 0.29) is 22.2 Å². The molecule has 1 aliphatic heterocycles. The SMILES string of the molecule is COc1ccc(C(O)=C2C(=O)C(=O)N(c3cc(C)on3)[C@@H]2c2ccc(C(C)C)cc2)cc1Cl. The molecule has 7 nitrogen and oxygen atoms in total. The van der Waals surface area contributed by atoms with Gasteiger partial charge in [-0.25, -0.2) is 0 Å². The van der Waals surface area contributed by atoms with Gasteiger partial charge in [0.15, 0.2) is 5.82 Å². The number of nitrogens with zero attached hydrogens (tertiary/aromatic N) is 2. The number of halogens is 1. The molecule has 0 spiro atoms. The number of ether oxygens (including phenoxy) is 1. The van der Waals surface area contributed by atoms with Gasteiger partial charge in [0.1, 0.15) is 17.3 Å². The number of carbonyl (C=O) groups is 2. The molecule has 0 unspecified atom stereocenters. The molecule has 8 heteroatoms. The highest BCUT2D eigenvalue weighted by atomic mass is 35.5. The van der Waals surface area contributed by atoms with E-state index < -0.39 is 17.7 Å². The largest absolute Gasteiger partial charge is 0.507 e. The number of aryl methyl sites for hydroxylation is 1. The van der Waals surface area contributed by atoms with E-state index in [4.69, 9.17) is 20.9 Å². The first kappa shape index (κ1) is 22.6. The molecule has 33 heavy (non-hydrogen) atoms. The van der Waals surface area contributed by atoms with Gasteiger partial charge in [0, 0.05) is 11.6 Å². The predicted molar refractivity (Wildman–Crippen MR) is 125 cm³/mol. The van der Waals surface area contributed by atoms with E-state index in [1.165, 1.54) is 18.1 Å². The third kappa shape index (κ3) is 4.00. The van der Waals surface area contributed by atoms with Gasteiger partial charge in [-0.2, -0.15) is 0 Å². The molecular weight excluding hydrogens is 444 g/mol. The van der Waals surface area contributed by atoms with Crippen LogP contribution in [-0.2, 0) is 9.59 Å². The van der Waals surface area contributed by atoms with Crippen molar-refractivity contribution in [2.45, 2.75) is 32.7 Å². The van der Waals surface area contributed by atoms with Crippen LogP contribution in [0.25, 0.3) is 5.76 Å². The Bertz CT molecular complexity index is 1260. The molecule has 1 aromatic heterocycles. The minimum atomic E-state index is -0.892. The molecule has 1 fully saturated rings. The second-order valence-electron chi connectivity index (χ2n) is 8.14. The van der Waals surface area contributed by atoms with Gasteiger partial charge >= 0.3 is 5.91 Å². The Morgan fingerprint density at radius 1 is 1.15 bits per heavy atom. The maximum Gasteiger partial charge on any atom is 0.301 e. The summed E-state index contributed by atoms with van der Waals surface area (Å²) in [5.74, 6) is -0.543. The van der Waals surface area contributed by atoms with Crippen molar-refractivity contribution >= 4 is 34.9 Å². The first-order chi connectivity index (χ1) is 15.7. The maximum absolute atomic E-state index is 13.2. The van der Waals surface area contributed by atoms with E-state index >= 15 is 0 Å². The number of hydrogen-bond acceptors (Lipinski definition) is 6. The number of aliphatic hydroxyl groups is 1. The van der Waals surface area contributed by atoms with Crippen LogP contribution in [-0.4, -0.2) is 29.1 Å². The lowest BCUT2D eigenvalue weighted by molar-refractivity contribution is -0.132. The molecule has 170 valence electrons. The Hall–Kier alpha value is -3.58. The van der Waals surface area contributed by atoms with Crippen molar-refractivity contribution in [3.8, 4) is 5.75 Å². The van der Waals surface area contributed by atoms with Crippen LogP contribution in [0.2, 0.25) is 5.02 Å². The van der Waals surface area contributed by atoms with Crippen molar-refractivity contribution in [3.05, 3.63) is 81.6 Å². The zero-order valence-electron chi connectivity index (χ0n) is 18.6. The third-order valence-electron chi connectivity index (χ3n) is 5.65. The number of aliphatic hydroxyl groups excluding tert-OH is 1. The third-order valence-corrected chi connectivity index (χ3v) is 5.95. The van der Waals surface area contributed by atoms with Gasteiger partial charge in [-0.1, -0.05) is 54.9 Å². The molecule has 1 saturated heterocycles. The van der Waals surface area contributed by atoms with Crippen LogP contribution in [0.3, 0.4) is 0 Å². The second-order valence-corrected chi connectivity index (χ2v) is 8.54. The van der Waals surface area contributed by atoms with Crippen LogP contribution in [0.5, 0.6) is 5.75 Å². The van der Waals surface area contributed by atoms with Gasteiger partial charge < -0.3 is 14.4 Å². The smallest absolute Gasteiger partial charge is 0.301 e. The van der Waals surface area contributed by atoms with Crippen LogP contribution < -0.4 is 9.64 Å². The van der Waals surface area contributed by atoms with Gasteiger partial charge in [-0.05, 0) is 42.2 Å². The number of benzene rings is 2. The van der Waals surface area contributed by atoms with Gasteiger partial charge in [-0.15, -0.1) is 0 Å². The minimum absolute atomic E-state index is 0.0563. The molecule has 0 bridgehead atoms. The Labute approximate surface area is 196 Å². The quantitative estimate of drug-likeness (QED) is 0.307. The molecule has 2 heterocycles. The van der Waals surface area contributed by atoms with E-state index in [1.807, 2.05) is 24.3 Å². The van der Waals surface area contributed by atoms with Crippen molar-refractivity contribution in [2.75, 3.05) is 12.0 Å². The van der Waals surface area contributed by atoms with E-state index in [0.717, 1.165) is 5.56 Å². The number of anilines is 1. The monoisotopic (exact) mass is 466 g/mol. The van der Waals surface area contributed by atoms with Crippen molar-refractivity contribution in [1.82, 2.24) is 5.16 Å². The molecule has 4 rings (SSSR count). The average molecular weight is 467 g/mol. The fraction of sp³-hybridized carbons (Fsp3) is 0.240. The lowest BCUT2D eigenvalue weighted by Crippen LogP contribution is -2.29. The summed E-state index contributed by atoms with van der Waals surface area (Å²) in [5.41, 5.74) is 1.99. The number of hydrogen-bond donors (Lipinski definition) is 1. The second kappa shape index (κ2) is 8.75. The van der Waals surface area contributed by atoms with Gasteiger partial charge in [-0.3, -0.25) is 14.5 Å². The van der Waals surface area contributed by atoms with E-state index in [1.54, 1.807) is 25.1 Å². The zero-order valence-corrected chi connectivity index (χ0v) is 19.4. The number of methoxy groups -OCH3 is 1. The van der Waals surface area contributed by atoms with Crippen molar-refractivity contribution in [1.29, 1.82) is 0 Å². The highest BCUT2D eigenvalue weighted by Gasteiger charge is 2.48. The van der Waals surface area contributed by atoms with Crippen LogP contribution in [0, 0.1) is 6.92 Å². The van der Waals surface area contributed by atoms with Crippen molar-refractivity contribution in [2.24, 2.45) is 0 Å². The molecule has 0 saturated carbocycles. The highest BCUT2D eigenvalue weighted by molar-refractivity contribution is 6.51. The van der Waals surface area contributed by atoms with Crippen LogP contribution >= 0.6 is 11.6 Å². The fourth-order valence-electron chi connectivity index (χ4n) is 3.88. The molecule has 2 aromatic carbocycles. The van der Waals surface area contributed by atoms with Crippen LogP contribution in [0.4, 0.5) is 5.82 Å². The summed E-state index contributed by atoms with van der Waals surface area (Å²) >= 11 is 6.23. The summed E-state index contributed by atoms with van der Waals surface area (Å²) in [7, 11) is 1.48. The normalized spacial score (nSPS) is 17.8. The Morgan fingerprint density at radius 2 is 1.85 bits per heavy atom. The van der Waals surface area contributed by atoms with Crippen molar-refractivity contribution in [3.63, 3.8) is 0 Å². The zero-order chi connectivity index (χ0) is 23.9. The Morgan fingerprint density at radius 3 is 2.39 bits per heavy atom. The van der Waals surface area contributed by atoms with Gasteiger partial charge in [0.2, 0.25) is 0 Å². The maximum atomic E-state index is 13.2. The molecule has 1 amide bonds. The highest BCUT2D eigenvalue weighted by Crippen LogP contribution is 2.42. The minimum Gasteiger partial charge on any atom is -0.507 e. The number of aromatic nitrogens is 1. The van der Waals surface area contributed by atoms with Crippen LogP contribution in [0.15, 0.2) is 58.6 Å². The number of rotatable bonds is 5. The Balaban J connectivity index is 1.91. The number of Topliss-reactive ketones (excluding diaryl/α,β-unsaturated/α-hetero) is 1. The van der Waals surface area contributed by atoms with Crippen LogP contribution in [0.1, 0.15) is 48.3 Å². The van der Waals surface area contributed by atoms with Crippen molar-refractivity contribution < 1.29 is 24.0 Å². The molecule has 0 aliphatic carbocycles. The van der Waals surface area contributed by atoms with E-state index in [0.29, 0.717) is 28.6 Å². The van der Waals surface area contributed by atoms with Gasteiger partial charge in [0.05, 0.1) is 23.7 Å². The van der Waals surface area contributed by atoms with E-state index in [2.05, 4.69) is 19.0 Å². The lowest BCUT2D eigenvalue weighted by atomic mass is 9.93. The number of amides is 1. The molecule has 3 aromatic rings. The molecule has 1 atom stereocenters. The predicted octanol–water partition coefficient (Wildman–Crippen LogP) is 5.39. The number of carbonyl (C=O) groups excluding carboxylic acids is 2. The summed E-state index contributed by atoms with van der Waals surface area (Å²) in [4.78, 5) is 27.5. The fourth-order valence-corrected chi connectivity index (χ4v) is 4.14. The first-order valence-electron chi connectivity index (χ1n) is 10.4. The summed E-state index contributed by atoms with van der Waals surface area (Å²) in [5, 5.41) is 15.4. The molecule has 0 radical (unpaired) electrons. The molecule has 1 N–H and O–H groups in total. The first-order valence-corrected chi connectivity index (χ1v) is 10.8. The number of ketones is 1. The standard InChI is InChI=1S/C25H23ClN2O5/c1-13(2)15-5-7-16(8-6-15)22-21(23(29)17-9-10-19(32-4)18(26)12-17)24(30)25(31)28(22)20-11-14(3)33-27-20/h5-13,22,29H,1-4H3/t22-/m1/s1. The molecular formula is C25H23ClN2O5. The lowest BCUT2D eigenvalue weighted by Gasteiger charge is -2.23. The van der Waals surface area contributed by atoms with E-state index in [9.17, 15) is 14.7 Å². The summed E-state index contributed by atoms with van der Waals surface area (Å²) in [6.45, 7) is 5.85. The Kier molecular flexibility index (Phi) is 5.99. The molecule has 1 aliphatic rings. The summed E-state index contributed by atoms with van der Waals surface area (Å²) < 4.78 is 10.3. The summed E-state index contributed by atoms with van der Waals surface area (Å²) in [6.07, 6.45) is 0.